The number of aromatic nitrogens is 5. The fourth-order valence-corrected chi connectivity index (χ4v) is 4.34. The largest absolute Gasteiger partial charge is 0.454 e. The lowest BCUT2D eigenvalue weighted by atomic mass is 10.1. The third-order valence-electron chi connectivity index (χ3n) is 5.96. The minimum atomic E-state index is -0.215. The number of piperazine rings is 1. The van der Waals surface area contributed by atoms with E-state index in [0.717, 1.165) is 55.7 Å². The lowest BCUT2D eigenvalue weighted by Gasteiger charge is -2.39. The Hall–Kier alpha value is -3.04. The van der Waals surface area contributed by atoms with Crippen LogP contribution in [-0.2, 0) is 12.1 Å². The van der Waals surface area contributed by atoms with Crippen LogP contribution >= 0.6 is 0 Å². The van der Waals surface area contributed by atoms with E-state index in [2.05, 4.69) is 69.3 Å². The predicted molar refractivity (Wildman–Crippen MR) is 118 cm³/mol. The Kier molecular flexibility index (Phi) is 5.52. The number of nitrogens with zero attached hydrogens (tertiary/aromatic N) is 7. The molecule has 32 heavy (non-hydrogen) atoms. The fraction of sp³-hybridized carbons (Fsp3) is 0.478. The van der Waals surface area contributed by atoms with Crippen molar-refractivity contribution in [3.8, 4) is 11.5 Å². The van der Waals surface area contributed by atoms with Gasteiger partial charge in [0, 0.05) is 38.9 Å². The molecule has 1 atom stereocenters. The van der Waals surface area contributed by atoms with Crippen molar-refractivity contribution in [2.45, 2.75) is 38.9 Å². The Bertz CT molecular complexity index is 1060. The number of hydrogen-bond donors (Lipinski definition) is 0. The summed E-state index contributed by atoms with van der Waals surface area (Å²) < 4.78 is 12.9. The Balaban J connectivity index is 1.33. The molecule has 0 saturated carbocycles. The van der Waals surface area contributed by atoms with Crippen molar-refractivity contribution in [1.29, 1.82) is 0 Å². The molecule has 1 aromatic carbocycles. The zero-order chi connectivity index (χ0) is 22.1. The minimum Gasteiger partial charge on any atom is -0.454 e. The molecule has 0 N–H and O–H groups in total. The van der Waals surface area contributed by atoms with Crippen LogP contribution < -0.4 is 9.47 Å². The summed E-state index contributed by atoms with van der Waals surface area (Å²) in [7, 11) is 0. The summed E-state index contributed by atoms with van der Waals surface area (Å²) in [6.45, 7) is 11.3. The van der Waals surface area contributed by atoms with E-state index in [1.807, 2.05) is 29.1 Å². The fourth-order valence-electron chi connectivity index (χ4n) is 4.34. The van der Waals surface area contributed by atoms with Crippen molar-refractivity contribution < 1.29 is 9.47 Å². The van der Waals surface area contributed by atoms with Crippen LogP contribution in [0.15, 0.2) is 42.6 Å². The zero-order valence-corrected chi connectivity index (χ0v) is 18.8. The maximum Gasteiger partial charge on any atom is 0.231 e. The number of ether oxygens (including phenoxy) is 2. The van der Waals surface area contributed by atoms with Gasteiger partial charge in [-0.15, -0.1) is 5.10 Å². The molecule has 168 valence electrons. The van der Waals surface area contributed by atoms with E-state index >= 15 is 0 Å². The number of rotatable bonds is 5. The second kappa shape index (κ2) is 8.48. The van der Waals surface area contributed by atoms with Crippen molar-refractivity contribution in [2.24, 2.45) is 0 Å². The van der Waals surface area contributed by atoms with Gasteiger partial charge in [-0.2, -0.15) is 0 Å². The quantitative estimate of drug-likeness (QED) is 0.605. The van der Waals surface area contributed by atoms with Gasteiger partial charge in [0.2, 0.25) is 6.79 Å². The van der Waals surface area contributed by atoms with Crippen molar-refractivity contribution in [1.82, 2.24) is 35.0 Å². The van der Waals surface area contributed by atoms with E-state index in [1.165, 1.54) is 5.56 Å². The summed E-state index contributed by atoms with van der Waals surface area (Å²) >= 11 is 0. The molecule has 2 aromatic heterocycles. The molecule has 2 aliphatic rings. The smallest absolute Gasteiger partial charge is 0.231 e. The second-order valence-electron chi connectivity index (χ2n) is 9.28. The Morgan fingerprint density at radius 3 is 2.56 bits per heavy atom. The highest BCUT2D eigenvalue weighted by molar-refractivity contribution is 5.44. The Morgan fingerprint density at radius 1 is 1.00 bits per heavy atom. The molecular weight excluding hydrogens is 406 g/mol. The summed E-state index contributed by atoms with van der Waals surface area (Å²) in [4.78, 5) is 9.57. The van der Waals surface area contributed by atoms with E-state index in [-0.39, 0.29) is 11.6 Å². The highest BCUT2D eigenvalue weighted by Gasteiger charge is 2.34. The van der Waals surface area contributed by atoms with Gasteiger partial charge in [0.25, 0.3) is 0 Å². The van der Waals surface area contributed by atoms with Crippen LogP contribution in [0.3, 0.4) is 0 Å². The molecule has 2 aliphatic heterocycles. The number of tetrazole rings is 1. The molecule has 1 fully saturated rings. The number of benzene rings is 1. The zero-order valence-electron chi connectivity index (χ0n) is 18.8. The molecule has 9 heteroatoms. The van der Waals surface area contributed by atoms with Gasteiger partial charge >= 0.3 is 0 Å². The van der Waals surface area contributed by atoms with E-state index in [9.17, 15) is 0 Å². The van der Waals surface area contributed by atoms with Crippen LogP contribution in [0.5, 0.6) is 11.5 Å². The Labute approximate surface area is 187 Å². The second-order valence-corrected chi connectivity index (χ2v) is 9.28. The van der Waals surface area contributed by atoms with Crippen LogP contribution in [0, 0.1) is 0 Å². The summed E-state index contributed by atoms with van der Waals surface area (Å²) in [5, 5.41) is 12.7. The molecular formula is C23H29N7O2. The molecule has 0 amide bonds. The van der Waals surface area contributed by atoms with Crippen LogP contribution in [0.4, 0.5) is 0 Å². The van der Waals surface area contributed by atoms with Crippen LogP contribution in [0.2, 0.25) is 0 Å². The van der Waals surface area contributed by atoms with Crippen molar-refractivity contribution in [2.75, 3.05) is 33.0 Å². The van der Waals surface area contributed by atoms with Gasteiger partial charge in [-0.05, 0) is 61.0 Å². The van der Waals surface area contributed by atoms with Crippen LogP contribution in [0.1, 0.15) is 43.9 Å². The monoisotopic (exact) mass is 435 g/mol. The maximum atomic E-state index is 5.53. The first-order valence-electron chi connectivity index (χ1n) is 11.0. The van der Waals surface area contributed by atoms with Crippen molar-refractivity contribution in [3.63, 3.8) is 0 Å². The van der Waals surface area contributed by atoms with Gasteiger partial charge in [-0.1, -0.05) is 12.1 Å². The predicted octanol–water partition coefficient (Wildman–Crippen LogP) is 2.46. The topological polar surface area (TPSA) is 81.4 Å². The van der Waals surface area contributed by atoms with E-state index in [1.54, 1.807) is 0 Å². The summed E-state index contributed by atoms with van der Waals surface area (Å²) in [6.07, 6.45) is 1.84. The average molecular weight is 436 g/mol. The number of pyridine rings is 1. The first kappa shape index (κ1) is 20.8. The third kappa shape index (κ3) is 4.18. The van der Waals surface area contributed by atoms with Gasteiger partial charge in [0.15, 0.2) is 17.3 Å². The van der Waals surface area contributed by atoms with Crippen LogP contribution in [-0.4, -0.2) is 68.0 Å². The van der Waals surface area contributed by atoms with E-state index < -0.39 is 0 Å². The molecule has 0 radical (unpaired) electrons. The summed E-state index contributed by atoms with van der Waals surface area (Å²) in [6, 6.07) is 12.1. The highest BCUT2D eigenvalue weighted by atomic mass is 16.7. The molecule has 4 heterocycles. The molecule has 1 unspecified atom stereocenters. The van der Waals surface area contributed by atoms with Gasteiger partial charge in [-0.3, -0.25) is 14.8 Å². The molecule has 0 spiro atoms. The standard InChI is InChI=1S/C23H29N7O2/c1-23(2,3)30-22(25-26-27-30)21(18-6-4-5-9-24-18)29-12-10-28(11-13-29)15-17-7-8-19-20(14-17)32-16-31-19/h4-9,14,21H,10-13,15-16H2,1-3H3. The van der Waals surface area contributed by atoms with Gasteiger partial charge in [-0.25, -0.2) is 4.68 Å². The molecule has 1 saturated heterocycles. The van der Waals surface area contributed by atoms with E-state index in [0.29, 0.717) is 6.79 Å². The highest BCUT2D eigenvalue weighted by Crippen LogP contribution is 2.33. The molecule has 5 rings (SSSR count). The van der Waals surface area contributed by atoms with E-state index in [4.69, 9.17) is 9.47 Å². The SMILES string of the molecule is CC(C)(C)n1nnnc1C(c1ccccn1)N1CCN(Cc2ccc3c(c2)OCO3)CC1. The lowest BCUT2D eigenvalue weighted by Crippen LogP contribution is -2.48. The minimum absolute atomic E-state index is 0.0851. The normalized spacial score (nSPS) is 18.1. The average Bonchev–Trinajstić information content (AvgIpc) is 3.45. The molecule has 3 aromatic rings. The number of fused-ring (bicyclic) bond motifs is 1. The van der Waals surface area contributed by atoms with Crippen molar-refractivity contribution >= 4 is 0 Å². The molecule has 9 nitrogen and oxygen atoms in total. The third-order valence-corrected chi connectivity index (χ3v) is 5.96. The Morgan fingerprint density at radius 2 is 1.81 bits per heavy atom. The summed E-state index contributed by atoms with van der Waals surface area (Å²) in [5.74, 6) is 2.50. The van der Waals surface area contributed by atoms with Crippen LogP contribution in [0.25, 0.3) is 0 Å². The lowest BCUT2D eigenvalue weighted by molar-refractivity contribution is 0.0965. The summed E-state index contributed by atoms with van der Waals surface area (Å²) in [5.41, 5.74) is 1.99. The molecule has 0 bridgehead atoms. The van der Waals surface area contributed by atoms with Gasteiger partial charge in [0.05, 0.1) is 11.2 Å². The maximum absolute atomic E-state index is 5.53. The first-order valence-corrected chi connectivity index (χ1v) is 11.0. The van der Waals surface area contributed by atoms with Crippen molar-refractivity contribution in [3.05, 3.63) is 59.7 Å². The molecule has 0 aliphatic carbocycles. The first-order chi connectivity index (χ1) is 15.5. The van der Waals surface area contributed by atoms with Gasteiger partial charge < -0.3 is 9.47 Å². The van der Waals surface area contributed by atoms with Gasteiger partial charge in [0.1, 0.15) is 6.04 Å². The number of hydrogen-bond acceptors (Lipinski definition) is 8.